The molecule has 0 saturated heterocycles. The van der Waals surface area contributed by atoms with Crippen LogP contribution in [0.1, 0.15) is 18.4 Å². The SMILES string of the molecule is NC/C=C(\c1ccccc1O)C1CC1. The molecule has 2 nitrogen and oxygen atoms in total. The van der Waals surface area contributed by atoms with Crippen LogP contribution in [0.4, 0.5) is 0 Å². The fourth-order valence-electron chi connectivity index (χ4n) is 1.74. The van der Waals surface area contributed by atoms with Crippen LogP contribution in [0.15, 0.2) is 30.3 Å². The Balaban J connectivity index is 2.35. The summed E-state index contributed by atoms with van der Waals surface area (Å²) in [4.78, 5) is 0. The molecular weight excluding hydrogens is 174 g/mol. The zero-order valence-corrected chi connectivity index (χ0v) is 8.11. The number of allylic oxidation sites excluding steroid dienone is 1. The van der Waals surface area contributed by atoms with Gasteiger partial charge < -0.3 is 10.8 Å². The minimum atomic E-state index is 0.360. The Morgan fingerprint density at radius 2 is 2.14 bits per heavy atom. The summed E-state index contributed by atoms with van der Waals surface area (Å²) in [6.07, 6.45) is 4.47. The van der Waals surface area contributed by atoms with E-state index >= 15 is 0 Å². The molecule has 0 atom stereocenters. The van der Waals surface area contributed by atoms with E-state index in [0.717, 1.165) is 5.56 Å². The maximum absolute atomic E-state index is 9.70. The molecule has 1 aliphatic rings. The van der Waals surface area contributed by atoms with E-state index in [2.05, 4.69) is 0 Å². The Kier molecular flexibility index (Phi) is 2.55. The van der Waals surface area contributed by atoms with Gasteiger partial charge in [-0.3, -0.25) is 0 Å². The van der Waals surface area contributed by atoms with Crippen LogP contribution < -0.4 is 5.73 Å². The molecule has 0 bridgehead atoms. The topological polar surface area (TPSA) is 46.2 Å². The molecule has 3 N–H and O–H groups in total. The maximum Gasteiger partial charge on any atom is 0.123 e. The van der Waals surface area contributed by atoms with Crippen LogP contribution in [0.5, 0.6) is 5.75 Å². The van der Waals surface area contributed by atoms with E-state index in [4.69, 9.17) is 5.73 Å². The first-order valence-electron chi connectivity index (χ1n) is 5.01. The molecule has 1 saturated carbocycles. The number of phenols is 1. The fraction of sp³-hybridized carbons (Fsp3) is 0.333. The van der Waals surface area contributed by atoms with Gasteiger partial charge in [-0.1, -0.05) is 24.3 Å². The number of hydrogen-bond donors (Lipinski definition) is 2. The Morgan fingerprint density at radius 3 is 2.71 bits per heavy atom. The van der Waals surface area contributed by atoms with Crippen LogP contribution in [0.2, 0.25) is 0 Å². The normalized spacial score (nSPS) is 17.1. The number of para-hydroxylation sites is 1. The minimum absolute atomic E-state index is 0.360. The van der Waals surface area contributed by atoms with E-state index in [1.807, 2.05) is 24.3 Å². The lowest BCUT2D eigenvalue weighted by Crippen LogP contribution is -1.97. The van der Waals surface area contributed by atoms with Crippen molar-refractivity contribution >= 4 is 5.57 Å². The van der Waals surface area contributed by atoms with Crippen LogP contribution in [0.3, 0.4) is 0 Å². The third-order valence-corrected chi connectivity index (χ3v) is 2.57. The Hall–Kier alpha value is -1.28. The van der Waals surface area contributed by atoms with Gasteiger partial charge in [0.2, 0.25) is 0 Å². The molecule has 0 unspecified atom stereocenters. The van der Waals surface area contributed by atoms with Gasteiger partial charge in [0.1, 0.15) is 5.75 Å². The average Bonchev–Trinajstić information content (AvgIpc) is 2.99. The van der Waals surface area contributed by atoms with Crippen molar-refractivity contribution in [3.05, 3.63) is 35.9 Å². The molecule has 1 fully saturated rings. The van der Waals surface area contributed by atoms with Crippen molar-refractivity contribution in [2.24, 2.45) is 11.7 Å². The second-order valence-corrected chi connectivity index (χ2v) is 3.69. The van der Waals surface area contributed by atoms with Crippen molar-refractivity contribution in [1.29, 1.82) is 0 Å². The third kappa shape index (κ3) is 1.80. The monoisotopic (exact) mass is 189 g/mol. The van der Waals surface area contributed by atoms with Crippen molar-refractivity contribution < 1.29 is 5.11 Å². The zero-order chi connectivity index (χ0) is 9.97. The largest absolute Gasteiger partial charge is 0.507 e. The predicted molar refractivity (Wildman–Crippen MR) is 57.9 cm³/mol. The summed E-state index contributed by atoms with van der Waals surface area (Å²) in [5.41, 5.74) is 7.68. The van der Waals surface area contributed by atoms with Crippen molar-refractivity contribution in [3.8, 4) is 5.75 Å². The summed E-state index contributed by atoms with van der Waals surface area (Å²) in [6, 6.07) is 7.46. The first-order valence-corrected chi connectivity index (χ1v) is 5.01. The van der Waals surface area contributed by atoms with Gasteiger partial charge in [-0.05, 0) is 30.4 Å². The van der Waals surface area contributed by atoms with E-state index < -0.39 is 0 Å². The van der Waals surface area contributed by atoms with Gasteiger partial charge in [0.05, 0.1) is 0 Å². The molecule has 0 amide bonds. The molecule has 14 heavy (non-hydrogen) atoms. The van der Waals surface area contributed by atoms with E-state index in [1.165, 1.54) is 18.4 Å². The molecule has 2 heteroatoms. The van der Waals surface area contributed by atoms with Crippen molar-refractivity contribution in [1.82, 2.24) is 0 Å². The van der Waals surface area contributed by atoms with Crippen LogP contribution in [-0.4, -0.2) is 11.7 Å². The highest BCUT2D eigenvalue weighted by Crippen LogP contribution is 2.43. The lowest BCUT2D eigenvalue weighted by Gasteiger charge is -2.07. The molecular formula is C12H15NO. The third-order valence-electron chi connectivity index (χ3n) is 2.57. The van der Waals surface area contributed by atoms with E-state index in [0.29, 0.717) is 18.2 Å². The first kappa shape index (κ1) is 9.28. The van der Waals surface area contributed by atoms with Crippen molar-refractivity contribution in [2.45, 2.75) is 12.8 Å². The summed E-state index contributed by atoms with van der Waals surface area (Å²) < 4.78 is 0. The molecule has 2 rings (SSSR count). The number of nitrogens with two attached hydrogens (primary N) is 1. The second kappa shape index (κ2) is 3.84. The molecule has 1 aromatic rings. The number of hydrogen-bond acceptors (Lipinski definition) is 2. The van der Waals surface area contributed by atoms with Gasteiger partial charge in [-0.15, -0.1) is 0 Å². The lowest BCUT2D eigenvalue weighted by atomic mass is 10.00. The molecule has 0 spiro atoms. The number of rotatable bonds is 3. The summed E-state index contributed by atoms with van der Waals surface area (Å²) in [7, 11) is 0. The van der Waals surface area contributed by atoms with Crippen molar-refractivity contribution in [2.75, 3.05) is 6.54 Å². The quantitative estimate of drug-likeness (QED) is 0.765. The molecule has 74 valence electrons. The van der Waals surface area contributed by atoms with Gasteiger partial charge in [0, 0.05) is 12.1 Å². The van der Waals surface area contributed by atoms with Gasteiger partial charge in [-0.25, -0.2) is 0 Å². The summed E-state index contributed by atoms with van der Waals surface area (Å²) >= 11 is 0. The number of aromatic hydroxyl groups is 1. The Labute approximate surface area is 84.1 Å². The molecule has 0 heterocycles. The van der Waals surface area contributed by atoms with Crippen LogP contribution in [-0.2, 0) is 0 Å². The molecule has 0 aliphatic heterocycles. The van der Waals surface area contributed by atoms with Crippen LogP contribution in [0.25, 0.3) is 5.57 Å². The fourth-order valence-corrected chi connectivity index (χ4v) is 1.74. The maximum atomic E-state index is 9.70. The Morgan fingerprint density at radius 1 is 1.43 bits per heavy atom. The molecule has 0 aromatic heterocycles. The minimum Gasteiger partial charge on any atom is -0.507 e. The smallest absolute Gasteiger partial charge is 0.123 e. The molecule has 1 aromatic carbocycles. The standard InChI is InChI=1S/C12H15NO/c13-8-7-10(9-5-6-9)11-3-1-2-4-12(11)14/h1-4,7,9,14H,5-6,8,13H2/b10-7-. The van der Waals surface area contributed by atoms with Crippen LogP contribution in [0, 0.1) is 5.92 Å². The van der Waals surface area contributed by atoms with Gasteiger partial charge in [0.15, 0.2) is 0 Å². The van der Waals surface area contributed by atoms with E-state index in [9.17, 15) is 5.11 Å². The van der Waals surface area contributed by atoms with Gasteiger partial charge in [-0.2, -0.15) is 0 Å². The molecule has 1 aliphatic carbocycles. The lowest BCUT2D eigenvalue weighted by molar-refractivity contribution is 0.473. The summed E-state index contributed by atoms with van der Waals surface area (Å²) in [5, 5.41) is 9.70. The van der Waals surface area contributed by atoms with Gasteiger partial charge >= 0.3 is 0 Å². The first-order chi connectivity index (χ1) is 6.83. The second-order valence-electron chi connectivity index (χ2n) is 3.69. The van der Waals surface area contributed by atoms with Crippen molar-refractivity contribution in [3.63, 3.8) is 0 Å². The van der Waals surface area contributed by atoms with E-state index in [-0.39, 0.29) is 0 Å². The summed E-state index contributed by atoms with van der Waals surface area (Å²) in [6.45, 7) is 0.542. The van der Waals surface area contributed by atoms with Crippen LogP contribution >= 0.6 is 0 Å². The Bertz CT molecular complexity index is 353. The highest BCUT2D eigenvalue weighted by Gasteiger charge is 2.27. The summed E-state index contributed by atoms with van der Waals surface area (Å²) in [5.74, 6) is 0.978. The zero-order valence-electron chi connectivity index (χ0n) is 8.11. The van der Waals surface area contributed by atoms with Gasteiger partial charge in [0.25, 0.3) is 0 Å². The molecule has 0 radical (unpaired) electrons. The average molecular weight is 189 g/mol. The highest BCUT2D eigenvalue weighted by atomic mass is 16.3. The number of phenolic OH excluding ortho intramolecular Hbond substituents is 1. The number of benzene rings is 1. The highest BCUT2D eigenvalue weighted by molar-refractivity contribution is 5.73. The predicted octanol–water partition coefficient (Wildman–Crippen LogP) is 2.14. The van der Waals surface area contributed by atoms with E-state index in [1.54, 1.807) is 6.07 Å².